The Morgan fingerprint density at radius 3 is 2.46 bits per heavy atom. The lowest BCUT2D eigenvalue weighted by Gasteiger charge is -2.32. The van der Waals surface area contributed by atoms with Crippen LogP contribution in [0, 0.1) is 6.92 Å². The van der Waals surface area contributed by atoms with Gasteiger partial charge in [0.15, 0.2) is 5.65 Å². The van der Waals surface area contributed by atoms with Crippen LogP contribution in [0.3, 0.4) is 0 Å². The highest BCUT2D eigenvalue weighted by Crippen LogP contribution is 2.40. The van der Waals surface area contributed by atoms with Gasteiger partial charge in [-0.25, -0.2) is 4.98 Å². The Bertz CT molecular complexity index is 872. The van der Waals surface area contributed by atoms with Crippen LogP contribution in [-0.4, -0.2) is 37.9 Å². The zero-order valence-electron chi connectivity index (χ0n) is 13.7. The molecule has 2 aliphatic rings. The Kier molecular flexibility index (Phi) is 3.08. The molecule has 5 rings (SSSR count). The number of fused-ring (bicyclic) bond motifs is 1. The molecule has 7 heteroatoms. The van der Waals surface area contributed by atoms with Crippen molar-refractivity contribution in [3.05, 3.63) is 35.8 Å². The summed E-state index contributed by atoms with van der Waals surface area (Å²) >= 11 is 0. The number of nitrogens with zero attached hydrogens (tertiary/aromatic N) is 6. The van der Waals surface area contributed by atoms with E-state index in [4.69, 9.17) is 4.42 Å². The number of hydrogen-bond donors (Lipinski definition) is 0. The Hall–Kier alpha value is -2.44. The van der Waals surface area contributed by atoms with Gasteiger partial charge < -0.3 is 9.32 Å². The van der Waals surface area contributed by atoms with Crippen LogP contribution in [0.5, 0.6) is 0 Å². The van der Waals surface area contributed by atoms with Crippen LogP contribution in [0.1, 0.15) is 55.0 Å². The third kappa shape index (κ3) is 2.35. The normalized spacial score (nSPS) is 19.3. The van der Waals surface area contributed by atoms with Crippen molar-refractivity contribution in [2.45, 2.75) is 44.4 Å². The molecule has 7 nitrogen and oxygen atoms in total. The number of aryl methyl sites for hydroxylation is 1. The van der Waals surface area contributed by atoms with Crippen LogP contribution in [0.15, 0.2) is 22.7 Å². The van der Waals surface area contributed by atoms with Crippen LogP contribution in [0.25, 0.3) is 5.65 Å². The van der Waals surface area contributed by atoms with E-state index in [1.807, 2.05) is 17.5 Å². The molecule has 124 valence electrons. The average Bonchev–Trinajstić information content (AvgIpc) is 3.14. The summed E-state index contributed by atoms with van der Waals surface area (Å²) in [4.78, 5) is 6.90. The zero-order chi connectivity index (χ0) is 16.1. The molecule has 1 saturated carbocycles. The third-order valence-electron chi connectivity index (χ3n) is 5.02. The molecule has 1 saturated heterocycles. The number of hydrogen-bond acceptors (Lipinski definition) is 6. The maximum Gasteiger partial charge on any atom is 0.219 e. The van der Waals surface area contributed by atoms with Crippen LogP contribution in [-0.2, 0) is 0 Å². The maximum absolute atomic E-state index is 5.90. The molecule has 1 aliphatic heterocycles. The molecule has 0 amide bonds. The van der Waals surface area contributed by atoms with Crippen molar-refractivity contribution in [3.63, 3.8) is 0 Å². The fourth-order valence-electron chi connectivity index (χ4n) is 3.51. The van der Waals surface area contributed by atoms with E-state index in [9.17, 15) is 0 Å². The van der Waals surface area contributed by atoms with Crippen molar-refractivity contribution in [3.8, 4) is 0 Å². The number of aromatic nitrogens is 5. The summed E-state index contributed by atoms with van der Waals surface area (Å²) in [5, 5.41) is 12.9. The monoisotopic (exact) mass is 324 g/mol. The summed E-state index contributed by atoms with van der Waals surface area (Å²) in [6.07, 6.45) is 6.24. The SMILES string of the molecule is Cc1cc(N2CCC(c3nnc(C4CC4)o3)CC2)n2nccc2n1. The van der Waals surface area contributed by atoms with Crippen LogP contribution >= 0.6 is 0 Å². The van der Waals surface area contributed by atoms with Gasteiger partial charge in [-0.3, -0.25) is 0 Å². The lowest BCUT2D eigenvalue weighted by atomic mass is 9.97. The fraction of sp³-hybridized carbons (Fsp3) is 0.529. The Morgan fingerprint density at radius 2 is 1.75 bits per heavy atom. The van der Waals surface area contributed by atoms with Gasteiger partial charge in [0.25, 0.3) is 0 Å². The van der Waals surface area contributed by atoms with Gasteiger partial charge in [0.05, 0.1) is 6.20 Å². The molecule has 0 N–H and O–H groups in total. The summed E-state index contributed by atoms with van der Waals surface area (Å²) in [7, 11) is 0. The molecule has 0 unspecified atom stereocenters. The van der Waals surface area contributed by atoms with Crippen molar-refractivity contribution in [2.75, 3.05) is 18.0 Å². The fourth-order valence-corrected chi connectivity index (χ4v) is 3.51. The van der Waals surface area contributed by atoms with Crippen molar-refractivity contribution >= 4 is 11.5 Å². The first-order valence-corrected chi connectivity index (χ1v) is 8.67. The van der Waals surface area contributed by atoms with Crippen molar-refractivity contribution in [1.29, 1.82) is 0 Å². The molecule has 1 aliphatic carbocycles. The van der Waals surface area contributed by atoms with Gasteiger partial charge in [-0.05, 0) is 32.6 Å². The van der Waals surface area contributed by atoms with Crippen molar-refractivity contribution in [2.24, 2.45) is 0 Å². The summed E-state index contributed by atoms with van der Waals surface area (Å²) in [5.41, 5.74) is 1.92. The largest absolute Gasteiger partial charge is 0.425 e. The molecule has 3 aromatic heterocycles. The van der Waals surface area contributed by atoms with E-state index in [-0.39, 0.29) is 0 Å². The first-order valence-electron chi connectivity index (χ1n) is 8.67. The molecule has 3 aromatic rings. The minimum Gasteiger partial charge on any atom is -0.425 e. The van der Waals surface area contributed by atoms with Gasteiger partial charge in [0.2, 0.25) is 11.8 Å². The molecule has 4 heterocycles. The van der Waals surface area contributed by atoms with E-state index in [0.717, 1.165) is 54.9 Å². The summed E-state index contributed by atoms with van der Waals surface area (Å²) in [5.74, 6) is 3.68. The highest BCUT2D eigenvalue weighted by atomic mass is 16.4. The van der Waals surface area contributed by atoms with Gasteiger partial charge in [0, 0.05) is 42.8 Å². The predicted molar refractivity (Wildman–Crippen MR) is 88.2 cm³/mol. The Balaban J connectivity index is 1.34. The molecular weight excluding hydrogens is 304 g/mol. The van der Waals surface area contributed by atoms with Gasteiger partial charge in [-0.1, -0.05) is 0 Å². The Labute approximate surface area is 139 Å². The molecule has 0 aromatic carbocycles. The first-order chi connectivity index (χ1) is 11.8. The van der Waals surface area contributed by atoms with Crippen molar-refractivity contribution < 1.29 is 4.42 Å². The zero-order valence-corrected chi connectivity index (χ0v) is 13.7. The summed E-state index contributed by atoms with van der Waals surface area (Å²) in [6.45, 7) is 3.95. The van der Waals surface area contributed by atoms with Crippen LogP contribution in [0.4, 0.5) is 5.82 Å². The van der Waals surface area contributed by atoms with E-state index < -0.39 is 0 Å². The van der Waals surface area contributed by atoms with Crippen LogP contribution in [0.2, 0.25) is 0 Å². The minimum absolute atomic E-state index is 0.372. The van der Waals surface area contributed by atoms with Gasteiger partial charge >= 0.3 is 0 Å². The molecule has 0 radical (unpaired) electrons. The first kappa shape index (κ1) is 13.9. The second-order valence-corrected chi connectivity index (χ2v) is 6.87. The molecular formula is C17H20N6O. The van der Waals surface area contributed by atoms with E-state index in [0.29, 0.717) is 11.8 Å². The highest BCUT2D eigenvalue weighted by molar-refractivity contribution is 5.51. The predicted octanol–water partition coefficient (Wildman–Crippen LogP) is 2.68. The molecule has 0 bridgehead atoms. The van der Waals surface area contributed by atoms with E-state index >= 15 is 0 Å². The summed E-state index contributed by atoms with van der Waals surface area (Å²) < 4.78 is 7.82. The molecule has 0 spiro atoms. The second-order valence-electron chi connectivity index (χ2n) is 6.87. The highest BCUT2D eigenvalue weighted by Gasteiger charge is 2.32. The quantitative estimate of drug-likeness (QED) is 0.737. The number of rotatable bonds is 3. The van der Waals surface area contributed by atoms with Gasteiger partial charge in [-0.15, -0.1) is 10.2 Å². The van der Waals surface area contributed by atoms with Gasteiger partial charge in [-0.2, -0.15) is 9.61 Å². The molecule has 2 fully saturated rings. The topological polar surface area (TPSA) is 72.4 Å². The van der Waals surface area contributed by atoms with Gasteiger partial charge in [0.1, 0.15) is 5.82 Å². The lowest BCUT2D eigenvalue weighted by Crippen LogP contribution is -2.34. The number of anilines is 1. The van der Waals surface area contributed by atoms with Crippen molar-refractivity contribution in [1.82, 2.24) is 24.8 Å². The number of piperidine rings is 1. The maximum atomic E-state index is 5.90. The van der Waals surface area contributed by atoms with E-state index in [1.165, 1.54) is 12.8 Å². The standard InChI is InChI=1S/C17H20N6O/c1-11-10-15(23-14(19-11)4-7-18-23)22-8-5-13(6-9-22)17-21-20-16(24-17)12-2-3-12/h4,7,10,12-13H,2-3,5-6,8-9H2,1H3. The smallest absolute Gasteiger partial charge is 0.219 e. The Morgan fingerprint density at radius 1 is 1.04 bits per heavy atom. The second kappa shape index (κ2) is 5.29. The third-order valence-corrected chi connectivity index (χ3v) is 5.02. The average molecular weight is 324 g/mol. The lowest BCUT2D eigenvalue weighted by molar-refractivity contribution is 0.375. The molecule has 0 atom stereocenters. The van der Waals surface area contributed by atoms with E-state index in [1.54, 1.807) is 6.20 Å². The summed E-state index contributed by atoms with van der Waals surface area (Å²) in [6, 6.07) is 4.05. The molecule has 24 heavy (non-hydrogen) atoms. The minimum atomic E-state index is 0.372. The van der Waals surface area contributed by atoms with E-state index in [2.05, 4.69) is 31.2 Å². The van der Waals surface area contributed by atoms with Crippen LogP contribution < -0.4 is 4.90 Å².